The molecule has 1 aromatic rings. The van der Waals surface area contributed by atoms with E-state index in [1.54, 1.807) is 6.92 Å². The van der Waals surface area contributed by atoms with Crippen molar-refractivity contribution in [2.24, 2.45) is 0 Å². The van der Waals surface area contributed by atoms with Crippen LogP contribution in [-0.2, 0) is 0 Å². The Morgan fingerprint density at radius 2 is 2.17 bits per heavy atom. The average molecular weight is 186 g/mol. The van der Waals surface area contributed by atoms with Gasteiger partial charge in [0.05, 0.1) is 12.8 Å². The van der Waals surface area contributed by atoms with E-state index in [-0.39, 0.29) is 5.28 Å². The second-order valence-corrected chi connectivity index (χ2v) is 2.49. The van der Waals surface area contributed by atoms with Gasteiger partial charge in [0.1, 0.15) is 0 Å². The Morgan fingerprint density at radius 3 is 2.67 bits per heavy atom. The third-order valence-electron chi connectivity index (χ3n) is 1.44. The summed E-state index contributed by atoms with van der Waals surface area (Å²) < 4.78 is 4.93. The average Bonchev–Trinajstić information content (AvgIpc) is 2.08. The first kappa shape index (κ1) is 8.93. The van der Waals surface area contributed by atoms with Crippen LogP contribution in [-0.4, -0.2) is 23.3 Å². The van der Waals surface area contributed by atoms with Gasteiger partial charge in [-0.3, -0.25) is 0 Å². The molecule has 0 aliphatic rings. The van der Waals surface area contributed by atoms with Crippen LogP contribution in [0, 0.1) is 12.3 Å². The fourth-order valence-electron chi connectivity index (χ4n) is 0.825. The number of rotatable bonds is 2. The number of nitrogens with one attached hydrogen (secondary N) is 1. The minimum absolute atomic E-state index is 0.0935. The standard InChI is InChI=1S/C7H8ClN3O/c1-4-5(3-9)10-7(8)11-6(4)12-2/h3,9H,1-2H3. The Morgan fingerprint density at radius 1 is 1.50 bits per heavy atom. The predicted octanol–water partition coefficient (Wildman–Crippen LogP) is 1.44. The van der Waals surface area contributed by atoms with Gasteiger partial charge in [0.15, 0.2) is 0 Å². The monoisotopic (exact) mass is 185 g/mol. The van der Waals surface area contributed by atoms with Crippen molar-refractivity contribution >= 4 is 17.8 Å². The van der Waals surface area contributed by atoms with Crippen LogP contribution >= 0.6 is 11.6 Å². The first-order valence-corrected chi connectivity index (χ1v) is 3.65. The lowest BCUT2D eigenvalue weighted by atomic mass is 10.2. The molecule has 0 atom stereocenters. The van der Waals surface area contributed by atoms with E-state index >= 15 is 0 Å². The van der Waals surface area contributed by atoms with Crippen molar-refractivity contribution in [3.8, 4) is 5.88 Å². The Balaban J connectivity index is 3.31. The number of methoxy groups -OCH3 is 1. The third kappa shape index (κ3) is 1.53. The molecule has 0 unspecified atom stereocenters. The molecule has 1 heterocycles. The van der Waals surface area contributed by atoms with Crippen LogP contribution in [0.1, 0.15) is 11.3 Å². The van der Waals surface area contributed by atoms with Crippen LogP contribution in [0.4, 0.5) is 0 Å². The summed E-state index contributed by atoms with van der Waals surface area (Å²) in [6.07, 6.45) is 1.12. The largest absolute Gasteiger partial charge is 0.481 e. The summed E-state index contributed by atoms with van der Waals surface area (Å²) in [6.45, 7) is 1.77. The summed E-state index contributed by atoms with van der Waals surface area (Å²) in [4.78, 5) is 7.66. The molecule has 0 radical (unpaired) electrons. The third-order valence-corrected chi connectivity index (χ3v) is 1.61. The maximum atomic E-state index is 7.02. The van der Waals surface area contributed by atoms with Crippen molar-refractivity contribution in [1.82, 2.24) is 9.97 Å². The Labute approximate surface area is 75.1 Å². The van der Waals surface area contributed by atoms with Gasteiger partial charge in [-0.1, -0.05) is 0 Å². The van der Waals surface area contributed by atoms with E-state index in [9.17, 15) is 0 Å². The lowest BCUT2D eigenvalue weighted by Gasteiger charge is -2.04. The number of hydrogen-bond donors (Lipinski definition) is 1. The normalized spacial score (nSPS) is 9.58. The van der Waals surface area contributed by atoms with Crippen LogP contribution in [0.3, 0.4) is 0 Å². The molecule has 1 N–H and O–H groups in total. The maximum Gasteiger partial charge on any atom is 0.226 e. The molecule has 64 valence electrons. The highest BCUT2D eigenvalue weighted by Gasteiger charge is 2.07. The summed E-state index contributed by atoms with van der Waals surface area (Å²) in [5.41, 5.74) is 1.20. The predicted molar refractivity (Wildman–Crippen MR) is 46.2 cm³/mol. The van der Waals surface area contributed by atoms with Gasteiger partial charge in [-0.25, -0.2) is 4.98 Å². The molecule has 0 saturated carbocycles. The topological polar surface area (TPSA) is 58.9 Å². The number of aromatic nitrogens is 2. The van der Waals surface area contributed by atoms with E-state index in [4.69, 9.17) is 21.7 Å². The molecule has 5 heteroatoms. The van der Waals surface area contributed by atoms with Gasteiger partial charge in [-0.05, 0) is 18.5 Å². The highest BCUT2D eigenvalue weighted by Crippen LogP contribution is 2.17. The lowest BCUT2D eigenvalue weighted by Crippen LogP contribution is -1.99. The summed E-state index contributed by atoms with van der Waals surface area (Å²) in [6, 6.07) is 0. The van der Waals surface area contributed by atoms with Crippen molar-refractivity contribution in [3.63, 3.8) is 0 Å². The molecule has 0 saturated heterocycles. The summed E-state index contributed by atoms with van der Waals surface area (Å²) in [5.74, 6) is 0.411. The quantitative estimate of drug-likeness (QED) is 0.560. The summed E-state index contributed by atoms with van der Waals surface area (Å²) in [5, 5.41) is 7.12. The summed E-state index contributed by atoms with van der Waals surface area (Å²) >= 11 is 5.57. The van der Waals surface area contributed by atoms with Crippen LogP contribution in [0.2, 0.25) is 5.28 Å². The van der Waals surface area contributed by atoms with E-state index in [2.05, 4.69) is 9.97 Å². The van der Waals surface area contributed by atoms with Gasteiger partial charge in [0.25, 0.3) is 0 Å². The molecule has 0 aromatic carbocycles. The zero-order valence-electron chi connectivity index (χ0n) is 6.76. The Kier molecular flexibility index (Phi) is 2.60. The zero-order valence-corrected chi connectivity index (χ0v) is 7.51. The Hall–Kier alpha value is -1.16. The molecule has 12 heavy (non-hydrogen) atoms. The van der Waals surface area contributed by atoms with Gasteiger partial charge in [0.2, 0.25) is 11.2 Å². The lowest BCUT2D eigenvalue weighted by molar-refractivity contribution is 0.393. The summed E-state index contributed by atoms with van der Waals surface area (Å²) in [7, 11) is 1.50. The maximum absolute atomic E-state index is 7.02. The number of ether oxygens (including phenoxy) is 1. The first-order valence-electron chi connectivity index (χ1n) is 3.27. The minimum atomic E-state index is 0.0935. The minimum Gasteiger partial charge on any atom is -0.481 e. The molecule has 0 aliphatic heterocycles. The van der Waals surface area contributed by atoms with Gasteiger partial charge < -0.3 is 10.1 Å². The molecular formula is C7H8ClN3O. The van der Waals surface area contributed by atoms with E-state index in [0.717, 1.165) is 11.8 Å². The van der Waals surface area contributed by atoms with Crippen molar-refractivity contribution in [1.29, 1.82) is 5.41 Å². The fraction of sp³-hybridized carbons (Fsp3) is 0.286. The number of nitrogens with zero attached hydrogens (tertiary/aromatic N) is 2. The number of halogens is 1. The number of hydrogen-bond acceptors (Lipinski definition) is 4. The smallest absolute Gasteiger partial charge is 0.226 e. The molecular weight excluding hydrogens is 178 g/mol. The van der Waals surface area contributed by atoms with Crippen molar-refractivity contribution < 1.29 is 4.74 Å². The molecule has 0 bridgehead atoms. The van der Waals surface area contributed by atoms with E-state index < -0.39 is 0 Å². The van der Waals surface area contributed by atoms with E-state index in [1.807, 2.05) is 0 Å². The fourth-order valence-corrected chi connectivity index (χ4v) is 0.993. The molecule has 0 amide bonds. The van der Waals surface area contributed by atoms with E-state index in [1.165, 1.54) is 7.11 Å². The molecule has 1 rings (SSSR count). The molecule has 4 nitrogen and oxygen atoms in total. The van der Waals surface area contributed by atoms with Gasteiger partial charge in [0, 0.05) is 11.8 Å². The van der Waals surface area contributed by atoms with Crippen molar-refractivity contribution in [2.45, 2.75) is 6.92 Å². The van der Waals surface area contributed by atoms with Crippen LogP contribution in [0.25, 0.3) is 0 Å². The highest BCUT2D eigenvalue weighted by atomic mass is 35.5. The molecule has 0 spiro atoms. The Bertz CT molecular complexity index is 314. The SMILES string of the molecule is COc1nc(Cl)nc(C=N)c1C. The first-order chi connectivity index (χ1) is 5.69. The van der Waals surface area contributed by atoms with Crippen molar-refractivity contribution in [3.05, 3.63) is 16.5 Å². The van der Waals surface area contributed by atoms with Crippen LogP contribution in [0.5, 0.6) is 5.88 Å². The van der Waals surface area contributed by atoms with Gasteiger partial charge >= 0.3 is 0 Å². The van der Waals surface area contributed by atoms with Gasteiger partial charge in [-0.15, -0.1) is 0 Å². The molecule has 1 aromatic heterocycles. The second-order valence-electron chi connectivity index (χ2n) is 2.16. The molecule has 0 aliphatic carbocycles. The van der Waals surface area contributed by atoms with Gasteiger partial charge in [-0.2, -0.15) is 4.98 Å². The zero-order chi connectivity index (χ0) is 9.14. The van der Waals surface area contributed by atoms with Crippen LogP contribution < -0.4 is 4.74 Å². The highest BCUT2D eigenvalue weighted by molar-refractivity contribution is 6.28. The molecule has 0 fully saturated rings. The van der Waals surface area contributed by atoms with E-state index in [0.29, 0.717) is 11.6 Å². The second kappa shape index (κ2) is 3.49. The van der Waals surface area contributed by atoms with Crippen LogP contribution in [0.15, 0.2) is 0 Å². The van der Waals surface area contributed by atoms with Crippen molar-refractivity contribution in [2.75, 3.05) is 7.11 Å².